The number of nitrogens with zero attached hydrogens (tertiary/aromatic N) is 2. The third-order valence-corrected chi connectivity index (χ3v) is 6.49. The summed E-state index contributed by atoms with van der Waals surface area (Å²) in [5, 5.41) is 10.4. The van der Waals surface area contributed by atoms with Crippen molar-refractivity contribution in [2.24, 2.45) is 5.92 Å². The maximum Gasteiger partial charge on any atom is 0.230 e. The Morgan fingerprint density at radius 1 is 1.18 bits per heavy atom. The lowest BCUT2D eigenvalue weighted by Crippen LogP contribution is -2.25. The molecule has 2 aromatic carbocycles. The molecule has 1 saturated carbocycles. The molecule has 1 aliphatic carbocycles. The SMILES string of the molecule is CCCc1cccc(-c2cc(NC(=O)[C@@H]3CNC(=O)C3)nn2-c2cccc(OC3CCC3)c2)c1. The summed E-state index contributed by atoms with van der Waals surface area (Å²) in [6.07, 6.45) is 5.96. The molecule has 3 aromatic rings. The maximum atomic E-state index is 12.7. The Bertz CT molecular complexity index is 1200. The molecule has 1 saturated heterocycles. The molecule has 7 nitrogen and oxygen atoms in total. The largest absolute Gasteiger partial charge is 0.490 e. The second kappa shape index (κ2) is 9.71. The van der Waals surface area contributed by atoms with E-state index >= 15 is 0 Å². The number of amides is 2. The second-order valence-corrected chi connectivity index (χ2v) is 9.14. The fourth-order valence-corrected chi connectivity index (χ4v) is 4.41. The summed E-state index contributed by atoms with van der Waals surface area (Å²) in [5.74, 6) is 0.613. The minimum atomic E-state index is -0.381. The van der Waals surface area contributed by atoms with Gasteiger partial charge < -0.3 is 15.4 Å². The normalized spacial score (nSPS) is 17.8. The first-order valence-electron chi connectivity index (χ1n) is 12.1. The first-order chi connectivity index (χ1) is 16.6. The van der Waals surface area contributed by atoms with Gasteiger partial charge in [-0.2, -0.15) is 0 Å². The van der Waals surface area contributed by atoms with E-state index in [2.05, 4.69) is 41.8 Å². The molecule has 34 heavy (non-hydrogen) atoms. The summed E-state index contributed by atoms with van der Waals surface area (Å²) in [7, 11) is 0. The van der Waals surface area contributed by atoms with Gasteiger partial charge in [0.05, 0.1) is 23.4 Å². The van der Waals surface area contributed by atoms with E-state index in [0.717, 1.165) is 48.4 Å². The van der Waals surface area contributed by atoms with Crippen LogP contribution in [0, 0.1) is 5.92 Å². The van der Waals surface area contributed by atoms with E-state index in [1.807, 2.05) is 35.0 Å². The van der Waals surface area contributed by atoms with Gasteiger partial charge in [0.25, 0.3) is 0 Å². The van der Waals surface area contributed by atoms with Crippen LogP contribution in [0.15, 0.2) is 54.6 Å². The van der Waals surface area contributed by atoms with E-state index in [1.165, 1.54) is 12.0 Å². The van der Waals surface area contributed by atoms with Crippen molar-refractivity contribution < 1.29 is 14.3 Å². The van der Waals surface area contributed by atoms with Crippen LogP contribution >= 0.6 is 0 Å². The molecule has 1 atom stereocenters. The van der Waals surface area contributed by atoms with Crippen LogP contribution in [0.5, 0.6) is 5.75 Å². The summed E-state index contributed by atoms with van der Waals surface area (Å²) in [5.41, 5.74) is 4.04. The second-order valence-electron chi connectivity index (χ2n) is 9.14. The zero-order chi connectivity index (χ0) is 23.5. The summed E-state index contributed by atoms with van der Waals surface area (Å²) in [6.45, 7) is 2.53. The zero-order valence-corrected chi connectivity index (χ0v) is 19.4. The van der Waals surface area contributed by atoms with Crippen molar-refractivity contribution in [3.05, 3.63) is 60.2 Å². The number of ether oxygens (including phenoxy) is 1. The molecule has 0 spiro atoms. The van der Waals surface area contributed by atoms with E-state index < -0.39 is 0 Å². The van der Waals surface area contributed by atoms with Crippen LogP contribution in [0.4, 0.5) is 5.82 Å². The van der Waals surface area contributed by atoms with Crippen molar-refractivity contribution in [2.75, 3.05) is 11.9 Å². The summed E-state index contributed by atoms with van der Waals surface area (Å²) >= 11 is 0. The van der Waals surface area contributed by atoms with Gasteiger partial charge in [0.2, 0.25) is 11.8 Å². The number of rotatable bonds is 8. The van der Waals surface area contributed by atoms with Gasteiger partial charge in [-0.1, -0.05) is 37.6 Å². The lowest BCUT2D eigenvalue weighted by molar-refractivity contribution is -0.123. The van der Waals surface area contributed by atoms with Crippen LogP contribution in [0.25, 0.3) is 16.9 Å². The van der Waals surface area contributed by atoms with E-state index in [4.69, 9.17) is 9.84 Å². The van der Waals surface area contributed by atoms with Gasteiger partial charge in [-0.3, -0.25) is 9.59 Å². The molecule has 176 valence electrons. The molecule has 0 radical (unpaired) electrons. The average molecular weight is 459 g/mol. The van der Waals surface area contributed by atoms with Gasteiger partial charge in [0, 0.05) is 30.7 Å². The zero-order valence-electron chi connectivity index (χ0n) is 19.4. The number of anilines is 1. The van der Waals surface area contributed by atoms with Crippen molar-refractivity contribution in [1.29, 1.82) is 0 Å². The predicted octanol–water partition coefficient (Wildman–Crippen LogP) is 4.50. The first-order valence-corrected chi connectivity index (χ1v) is 12.1. The van der Waals surface area contributed by atoms with Crippen molar-refractivity contribution in [1.82, 2.24) is 15.1 Å². The Morgan fingerprint density at radius 2 is 2.03 bits per heavy atom. The molecular weight excluding hydrogens is 428 g/mol. The van der Waals surface area contributed by atoms with Crippen LogP contribution in [0.2, 0.25) is 0 Å². The van der Waals surface area contributed by atoms with Crippen LogP contribution in [0.3, 0.4) is 0 Å². The molecular formula is C27H30N4O3. The number of benzene rings is 2. The average Bonchev–Trinajstić information content (AvgIpc) is 3.43. The van der Waals surface area contributed by atoms with E-state index in [9.17, 15) is 9.59 Å². The number of hydrogen-bond donors (Lipinski definition) is 2. The Hall–Kier alpha value is -3.61. The van der Waals surface area contributed by atoms with Crippen LogP contribution in [-0.4, -0.2) is 34.2 Å². The first kappa shape index (κ1) is 22.2. The number of nitrogens with one attached hydrogen (secondary N) is 2. The lowest BCUT2D eigenvalue weighted by Gasteiger charge is -2.26. The Balaban J connectivity index is 1.48. The molecule has 2 aliphatic rings. The van der Waals surface area contributed by atoms with Crippen LogP contribution < -0.4 is 15.4 Å². The Morgan fingerprint density at radius 3 is 2.76 bits per heavy atom. The quantitative estimate of drug-likeness (QED) is 0.521. The predicted molar refractivity (Wildman–Crippen MR) is 131 cm³/mol. The van der Waals surface area contributed by atoms with Gasteiger partial charge in [-0.25, -0.2) is 4.68 Å². The minimum Gasteiger partial charge on any atom is -0.490 e. The number of hydrogen-bond acceptors (Lipinski definition) is 4. The van der Waals surface area contributed by atoms with E-state index in [-0.39, 0.29) is 30.3 Å². The highest BCUT2D eigenvalue weighted by Gasteiger charge is 2.28. The van der Waals surface area contributed by atoms with Gasteiger partial charge in [-0.05, 0) is 49.4 Å². The monoisotopic (exact) mass is 458 g/mol. The van der Waals surface area contributed by atoms with Crippen molar-refractivity contribution in [3.63, 3.8) is 0 Å². The molecule has 0 unspecified atom stereocenters. The van der Waals surface area contributed by atoms with E-state index in [0.29, 0.717) is 12.4 Å². The molecule has 1 aromatic heterocycles. The number of aromatic nitrogens is 2. The standard InChI is InChI=1S/C27H30N4O3/c1-2-6-18-7-3-8-19(13-18)24-16-25(29-27(33)20-14-26(32)28-17-20)30-31(24)21-9-4-12-23(15-21)34-22-10-5-11-22/h3-4,7-9,12-13,15-16,20,22H,2,5-6,10-11,14,17H2,1H3,(H,28,32)(H,29,30,33)/t20-/m0/s1. The third-order valence-electron chi connectivity index (χ3n) is 6.49. The molecule has 7 heteroatoms. The highest BCUT2D eigenvalue weighted by molar-refractivity contribution is 5.97. The minimum absolute atomic E-state index is 0.0950. The molecule has 2 heterocycles. The summed E-state index contributed by atoms with van der Waals surface area (Å²) < 4.78 is 7.96. The molecule has 1 aliphatic heterocycles. The van der Waals surface area contributed by atoms with Crippen molar-refractivity contribution >= 4 is 17.6 Å². The fraction of sp³-hybridized carbons (Fsp3) is 0.370. The molecule has 2 N–H and O–H groups in total. The Kier molecular flexibility index (Phi) is 6.34. The van der Waals surface area contributed by atoms with Crippen molar-refractivity contribution in [2.45, 2.75) is 51.6 Å². The third kappa shape index (κ3) is 4.83. The molecule has 0 bridgehead atoms. The van der Waals surface area contributed by atoms with Crippen LogP contribution in [0.1, 0.15) is 44.6 Å². The highest BCUT2D eigenvalue weighted by Crippen LogP contribution is 2.30. The summed E-state index contributed by atoms with van der Waals surface area (Å²) in [6, 6.07) is 18.3. The van der Waals surface area contributed by atoms with E-state index in [1.54, 1.807) is 0 Å². The van der Waals surface area contributed by atoms with Gasteiger partial charge >= 0.3 is 0 Å². The topological polar surface area (TPSA) is 85.3 Å². The number of carbonyl (C=O) groups is 2. The molecule has 2 fully saturated rings. The maximum absolute atomic E-state index is 12.7. The van der Waals surface area contributed by atoms with Crippen LogP contribution in [-0.2, 0) is 16.0 Å². The number of aryl methyl sites for hydroxylation is 1. The van der Waals surface area contributed by atoms with Crippen molar-refractivity contribution in [3.8, 4) is 22.7 Å². The number of carbonyl (C=O) groups excluding carboxylic acids is 2. The fourth-order valence-electron chi connectivity index (χ4n) is 4.41. The van der Waals surface area contributed by atoms with Gasteiger partial charge in [0.15, 0.2) is 5.82 Å². The lowest BCUT2D eigenvalue weighted by atomic mass is 9.96. The Labute approximate surface area is 199 Å². The van der Waals surface area contributed by atoms with Gasteiger partial charge in [0.1, 0.15) is 5.75 Å². The van der Waals surface area contributed by atoms with Gasteiger partial charge in [-0.15, -0.1) is 5.10 Å². The molecule has 2 amide bonds. The summed E-state index contributed by atoms with van der Waals surface area (Å²) in [4.78, 5) is 24.3. The smallest absolute Gasteiger partial charge is 0.230 e. The highest BCUT2D eigenvalue weighted by atomic mass is 16.5. The molecule has 5 rings (SSSR count).